The molecule has 0 amide bonds. The van der Waals surface area contributed by atoms with Gasteiger partial charge in [0.25, 0.3) is 5.69 Å². The van der Waals surface area contributed by atoms with Crippen molar-refractivity contribution in [3.05, 3.63) is 28.3 Å². The summed E-state index contributed by atoms with van der Waals surface area (Å²) in [6.07, 6.45) is 0. The average Bonchev–Trinajstić information content (AvgIpc) is 2.71. The number of nitrogens with one attached hydrogen (secondary N) is 1. The number of nitrogens with zero attached hydrogens (tertiary/aromatic N) is 1. The Labute approximate surface area is 113 Å². The third-order valence-electron chi connectivity index (χ3n) is 4.67. The molecule has 0 atom stereocenters. The van der Waals surface area contributed by atoms with Crippen LogP contribution >= 0.6 is 0 Å². The highest BCUT2D eigenvalue weighted by Gasteiger charge is 2.64. The molecule has 1 aliphatic carbocycles. The van der Waals surface area contributed by atoms with Crippen LogP contribution in [0.2, 0.25) is 0 Å². The van der Waals surface area contributed by atoms with Crippen molar-refractivity contribution in [1.82, 2.24) is 0 Å². The van der Waals surface area contributed by atoms with Crippen LogP contribution < -0.4 is 10.1 Å². The largest absolute Gasteiger partial charge is 0.496 e. The van der Waals surface area contributed by atoms with Gasteiger partial charge in [0.2, 0.25) is 0 Å². The van der Waals surface area contributed by atoms with Crippen molar-refractivity contribution in [3.8, 4) is 5.75 Å². The van der Waals surface area contributed by atoms with Crippen LogP contribution in [-0.2, 0) is 0 Å². The Bertz CT molecular complexity index is 509. The molecule has 5 nitrogen and oxygen atoms in total. The van der Waals surface area contributed by atoms with E-state index in [2.05, 4.69) is 33.0 Å². The van der Waals surface area contributed by atoms with Gasteiger partial charge in [0.15, 0.2) is 0 Å². The maximum Gasteiger partial charge on any atom is 0.275 e. The molecule has 104 valence electrons. The lowest BCUT2D eigenvalue weighted by Crippen LogP contribution is -2.10. The van der Waals surface area contributed by atoms with E-state index in [1.54, 1.807) is 12.1 Å². The zero-order valence-corrected chi connectivity index (χ0v) is 12.0. The van der Waals surface area contributed by atoms with E-state index in [0.29, 0.717) is 11.8 Å². The summed E-state index contributed by atoms with van der Waals surface area (Å²) in [6, 6.07) is 5.06. The van der Waals surface area contributed by atoms with Gasteiger partial charge in [0, 0.05) is 23.9 Å². The molecule has 0 radical (unpaired) electrons. The van der Waals surface area contributed by atoms with Crippen LogP contribution in [0.5, 0.6) is 5.75 Å². The van der Waals surface area contributed by atoms with E-state index < -0.39 is 4.92 Å². The number of hydrogen-bond donors (Lipinski definition) is 1. The van der Waals surface area contributed by atoms with E-state index >= 15 is 0 Å². The molecule has 5 heteroatoms. The standard InChI is InChI=1S/C14H20N2O3/c1-13(2)12(14(13,3)4)15-9-6-10(16(17)18)8-11(7-9)19-5/h6-8,12,15H,1-5H3. The molecule has 0 aromatic heterocycles. The highest BCUT2D eigenvalue weighted by molar-refractivity contribution is 5.58. The van der Waals surface area contributed by atoms with Gasteiger partial charge >= 0.3 is 0 Å². The number of nitro groups is 1. The average molecular weight is 264 g/mol. The monoisotopic (exact) mass is 264 g/mol. The van der Waals surface area contributed by atoms with Crippen molar-refractivity contribution < 1.29 is 9.66 Å². The van der Waals surface area contributed by atoms with E-state index in [-0.39, 0.29) is 16.5 Å². The number of nitro benzene ring substituents is 1. The SMILES string of the molecule is COc1cc(NC2C(C)(C)C2(C)C)cc([N+](=O)[O-])c1. The number of methoxy groups -OCH3 is 1. The third kappa shape index (κ3) is 2.13. The summed E-state index contributed by atoms with van der Waals surface area (Å²) in [6.45, 7) is 8.77. The summed E-state index contributed by atoms with van der Waals surface area (Å²) in [4.78, 5) is 10.5. The molecule has 1 aromatic carbocycles. The van der Waals surface area contributed by atoms with Crippen LogP contribution in [0.1, 0.15) is 27.7 Å². The fourth-order valence-electron chi connectivity index (χ4n) is 2.61. The van der Waals surface area contributed by atoms with E-state index in [0.717, 1.165) is 5.69 Å². The Kier molecular flexibility index (Phi) is 2.96. The van der Waals surface area contributed by atoms with Crippen molar-refractivity contribution in [2.45, 2.75) is 33.7 Å². The van der Waals surface area contributed by atoms with Crippen molar-refractivity contribution in [2.75, 3.05) is 12.4 Å². The van der Waals surface area contributed by atoms with Crippen LogP contribution in [0.15, 0.2) is 18.2 Å². The topological polar surface area (TPSA) is 64.4 Å². The number of hydrogen-bond acceptors (Lipinski definition) is 4. The summed E-state index contributed by atoms with van der Waals surface area (Å²) in [5.74, 6) is 0.493. The predicted molar refractivity (Wildman–Crippen MR) is 74.6 cm³/mol. The lowest BCUT2D eigenvalue weighted by atomic mass is 10.0. The molecular weight excluding hydrogens is 244 g/mol. The Morgan fingerprint density at radius 1 is 1.21 bits per heavy atom. The third-order valence-corrected chi connectivity index (χ3v) is 4.67. The Morgan fingerprint density at radius 2 is 1.79 bits per heavy atom. The number of non-ortho nitro benzene ring substituents is 1. The second-order valence-electron chi connectivity index (χ2n) is 6.20. The van der Waals surface area contributed by atoms with Gasteiger partial charge in [0.05, 0.1) is 18.1 Å². The zero-order valence-electron chi connectivity index (χ0n) is 12.0. The predicted octanol–water partition coefficient (Wildman–Crippen LogP) is 3.45. The Hall–Kier alpha value is -1.78. The fraction of sp³-hybridized carbons (Fsp3) is 0.571. The number of rotatable bonds is 4. The van der Waals surface area contributed by atoms with Crippen LogP contribution in [0.3, 0.4) is 0 Å². The Morgan fingerprint density at radius 3 is 2.21 bits per heavy atom. The first-order valence-corrected chi connectivity index (χ1v) is 6.30. The summed E-state index contributed by atoms with van der Waals surface area (Å²) < 4.78 is 5.11. The van der Waals surface area contributed by atoms with Gasteiger partial charge in [-0.3, -0.25) is 10.1 Å². The van der Waals surface area contributed by atoms with Crippen molar-refractivity contribution in [2.24, 2.45) is 10.8 Å². The molecule has 1 saturated carbocycles. The lowest BCUT2D eigenvalue weighted by molar-refractivity contribution is -0.384. The minimum atomic E-state index is -0.406. The molecule has 0 bridgehead atoms. The summed E-state index contributed by atoms with van der Waals surface area (Å²) >= 11 is 0. The molecule has 19 heavy (non-hydrogen) atoms. The smallest absolute Gasteiger partial charge is 0.275 e. The molecule has 2 rings (SSSR count). The fourth-order valence-corrected chi connectivity index (χ4v) is 2.61. The number of benzene rings is 1. The van der Waals surface area contributed by atoms with E-state index in [9.17, 15) is 10.1 Å². The van der Waals surface area contributed by atoms with Gasteiger partial charge in [-0.05, 0) is 10.8 Å². The summed E-state index contributed by atoms with van der Waals surface area (Å²) in [7, 11) is 1.51. The molecule has 0 heterocycles. The zero-order chi connectivity index (χ0) is 14.4. The molecular formula is C14H20N2O3. The second-order valence-corrected chi connectivity index (χ2v) is 6.20. The molecule has 1 aliphatic rings. The van der Waals surface area contributed by atoms with E-state index in [1.807, 2.05) is 0 Å². The Balaban J connectivity index is 2.27. The maximum atomic E-state index is 10.9. The van der Waals surface area contributed by atoms with Crippen molar-refractivity contribution in [1.29, 1.82) is 0 Å². The van der Waals surface area contributed by atoms with Gasteiger partial charge in [-0.2, -0.15) is 0 Å². The highest BCUT2D eigenvalue weighted by Crippen LogP contribution is 2.63. The van der Waals surface area contributed by atoms with Gasteiger partial charge in [0.1, 0.15) is 5.75 Å². The second kappa shape index (κ2) is 4.11. The van der Waals surface area contributed by atoms with Crippen LogP contribution in [0.4, 0.5) is 11.4 Å². The first kappa shape index (κ1) is 13.6. The van der Waals surface area contributed by atoms with E-state index in [1.165, 1.54) is 13.2 Å². The van der Waals surface area contributed by atoms with Crippen LogP contribution in [0.25, 0.3) is 0 Å². The lowest BCUT2D eigenvalue weighted by Gasteiger charge is -2.10. The van der Waals surface area contributed by atoms with Gasteiger partial charge in [-0.15, -0.1) is 0 Å². The van der Waals surface area contributed by atoms with Gasteiger partial charge in [-0.25, -0.2) is 0 Å². The van der Waals surface area contributed by atoms with Crippen molar-refractivity contribution >= 4 is 11.4 Å². The van der Waals surface area contributed by atoms with Gasteiger partial charge in [-0.1, -0.05) is 27.7 Å². The first-order chi connectivity index (χ1) is 8.70. The normalized spacial score (nSPS) is 19.8. The maximum absolute atomic E-state index is 10.9. The minimum Gasteiger partial charge on any atom is -0.496 e. The number of ether oxygens (including phenoxy) is 1. The summed E-state index contributed by atoms with van der Waals surface area (Å²) in [5, 5.41) is 14.3. The highest BCUT2D eigenvalue weighted by atomic mass is 16.6. The van der Waals surface area contributed by atoms with E-state index in [4.69, 9.17) is 4.74 Å². The first-order valence-electron chi connectivity index (χ1n) is 6.30. The molecule has 1 aromatic rings. The molecule has 1 N–H and O–H groups in total. The van der Waals surface area contributed by atoms with Crippen LogP contribution in [0, 0.1) is 20.9 Å². The summed E-state index contributed by atoms with van der Waals surface area (Å²) in [5.41, 5.74) is 1.11. The van der Waals surface area contributed by atoms with Crippen molar-refractivity contribution in [3.63, 3.8) is 0 Å². The molecule has 0 saturated heterocycles. The molecule has 0 aliphatic heterocycles. The molecule has 0 unspecified atom stereocenters. The van der Waals surface area contributed by atoms with Crippen LogP contribution in [-0.4, -0.2) is 18.1 Å². The number of anilines is 1. The quantitative estimate of drug-likeness (QED) is 0.668. The van der Waals surface area contributed by atoms with Gasteiger partial charge < -0.3 is 10.1 Å². The molecule has 1 fully saturated rings. The molecule has 0 spiro atoms. The minimum absolute atomic E-state index is 0.0399.